The van der Waals surface area contributed by atoms with Crippen LogP contribution in [0.4, 0.5) is 5.69 Å². The maximum Gasteiger partial charge on any atom is 0.336 e. The van der Waals surface area contributed by atoms with Crippen LogP contribution >= 0.6 is 0 Å². The highest BCUT2D eigenvalue weighted by Crippen LogP contribution is 2.29. The normalized spacial score (nSPS) is 11.1. The Morgan fingerprint density at radius 3 is 2.35 bits per heavy atom. The molecule has 1 amide bonds. The van der Waals surface area contributed by atoms with Gasteiger partial charge in [0.2, 0.25) is 5.91 Å². The summed E-state index contributed by atoms with van der Waals surface area (Å²) in [6.07, 6.45) is 0. The maximum atomic E-state index is 13.9. The monoisotopic (exact) mass is 498 g/mol. The van der Waals surface area contributed by atoms with Crippen LogP contribution in [0, 0.1) is 6.92 Å². The van der Waals surface area contributed by atoms with E-state index < -0.39 is 17.2 Å². The second-order valence-electron chi connectivity index (χ2n) is 8.73. The summed E-state index contributed by atoms with van der Waals surface area (Å²) in [6, 6.07) is 19.5. The van der Waals surface area contributed by atoms with Gasteiger partial charge in [0.25, 0.3) is 5.56 Å². The number of anilines is 1. The van der Waals surface area contributed by atoms with Gasteiger partial charge >= 0.3 is 5.69 Å². The number of benzene rings is 3. The van der Waals surface area contributed by atoms with Crippen LogP contribution in [0.3, 0.4) is 0 Å². The first-order valence-corrected chi connectivity index (χ1v) is 11.7. The Morgan fingerprint density at radius 2 is 1.65 bits per heavy atom. The fourth-order valence-electron chi connectivity index (χ4n) is 4.61. The lowest BCUT2D eigenvalue weighted by Gasteiger charge is -2.14. The molecular weight excluding hydrogens is 472 g/mol. The summed E-state index contributed by atoms with van der Waals surface area (Å²) in [5.41, 5.74) is 2.20. The van der Waals surface area contributed by atoms with Crippen LogP contribution in [-0.2, 0) is 18.4 Å². The van der Waals surface area contributed by atoms with E-state index in [1.807, 2.05) is 25.1 Å². The first kappa shape index (κ1) is 23.9. The van der Waals surface area contributed by atoms with E-state index in [1.165, 1.54) is 11.7 Å². The summed E-state index contributed by atoms with van der Waals surface area (Å²) < 4.78 is 14.9. The predicted octanol–water partition coefficient (Wildman–Crippen LogP) is 3.61. The number of carbonyl (C=O) groups is 1. The number of para-hydroxylation sites is 2. The smallest absolute Gasteiger partial charge is 0.336 e. The summed E-state index contributed by atoms with van der Waals surface area (Å²) in [5, 5.41) is 3.45. The highest BCUT2D eigenvalue weighted by atomic mass is 16.5. The average Bonchev–Trinajstić information content (AvgIpc) is 3.19. The molecular formula is C28H26N4O5. The van der Waals surface area contributed by atoms with E-state index in [9.17, 15) is 14.4 Å². The van der Waals surface area contributed by atoms with Gasteiger partial charge in [-0.05, 0) is 49.4 Å². The molecule has 1 N–H and O–H groups in total. The second kappa shape index (κ2) is 9.34. The summed E-state index contributed by atoms with van der Waals surface area (Å²) >= 11 is 0. The van der Waals surface area contributed by atoms with Crippen LogP contribution in [0.15, 0.2) is 76.3 Å². The fraction of sp³-hybridized carbons (Fsp3) is 0.179. The lowest BCUT2D eigenvalue weighted by molar-refractivity contribution is -0.116. The molecule has 0 saturated heterocycles. The number of ether oxygens (including phenoxy) is 2. The molecule has 0 unspecified atom stereocenters. The van der Waals surface area contributed by atoms with Gasteiger partial charge in [-0.1, -0.05) is 29.8 Å². The van der Waals surface area contributed by atoms with Crippen LogP contribution in [0.25, 0.3) is 27.6 Å². The number of nitrogens with one attached hydrogen (secondary N) is 1. The van der Waals surface area contributed by atoms with Crippen LogP contribution in [0.2, 0.25) is 0 Å². The molecule has 0 radical (unpaired) electrons. The van der Waals surface area contributed by atoms with Crippen molar-refractivity contribution in [3.8, 4) is 17.2 Å². The Balaban J connectivity index is 1.77. The number of methoxy groups -OCH3 is 2. The van der Waals surface area contributed by atoms with Gasteiger partial charge < -0.3 is 19.4 Å². The number of hydrogen-bond donors (Lipinski definition) is 1. The molecule has 2 aromatic heterocycles. The number of aromatic nitrogens is 3. The summed E-state index contributed by atoms with van der Waals surface area (Å²) in [5.74, 6) is 0.620. The SMILES string of the molecule is COc1ccc2c(c1)c1c(c(=O)n(-c3ccc(C)cc3)c(=O)n1CC(=O)Nc1ccccc1OC)n2C. The molecule has 5 aromatic rings. The van der Waals surface area contributed by atoms with Crippen LogP contribution < -0.4 is 26.0 Å². The van der Waals surface area contributed by atoms with Crippen molar-refractivity contribution in [2.45, 2.75) is 13.5 Å². The standard InChI is InChI=1S/C28H26N4O5/c1-17-9-11-18(12-10-17)32-27(34)26-25(20-15-19(36-3)13-14-22(20)30(26)2)31(28(32)35)16-24(33)29-21-7-5-6-8-23(21)37-4/h5-15H,16H2,1-4H3,(H,29,33). The van der Waals surface area contributed by atoms with Gasteiger partial charge in [-0.3, -0.25) is 14.2 Å². The van der Waals surface area contributed by atoms with Crippen LogP contribution in [-0.4, -0.2) is 33.8 Å². The van der Waals surface area contributed by atoms with E-state index in [1.54, 1.807) is 67.3 Å². The molecule has 5 rings (SSSR count). The van der Waals surface area contributed by atoms with Gasteiger partial charge in [-0.2, -0.15) is 0 Å². The van der Waals surface area contributed by atoms with E-state index in [-0.39, 0.29) is 6.54 Å². The minimum atomic E-state index is -0.619. The van der Waals surface area contributed by atoms with Gasteiger partial charge in [-0.25, -0.2) is 9.36 Å². The molecule has 3 aromatic carbocycles. The molecule has 0 fully saturated rings. The molecule has 9 nitrogen and oxygen atoms in total. The summed E-state index contributed by atoms with van der Waals surface area (Å²) in [7, 11) is 4.83. The van der Waals surface area contributed by atoms with Crippen LogP contribution in [0.5, 0.6) is 11.5 Å². The molecule has 0 aliphatic rings. The number of fused-ring (bicyclic) bond motifs is 3. The number of amides is 1. The van der Waals surface area contributed by atoms with E-state index >= 15 is 0 Å². The lowest BCUT2D eigenvalue weighted by Crippen LogP contribution is -2.41. The van der Waals surface area contributed by atoms with Crippen LogP contribution in [0.1, 0.15) is 5.56 Å². The molecule has 2 heterocycles. The van der Waals surface area contributed by atoms with E-state index in [2.05, 4.69) is 5.32 Å². The molecule has 0 aliphatic carbocycles. The predicted molar refractivity (Wildman–Crippen MR) is 143 cm³/mol. The Bertz CT molecular complexity index is 1780. The van der Waals surface area contributed by atoms with Gasteiger partial charge in [-0.15, -0.1) is 0 Å². The highest BCUT2D eigenvalue weighted by molar-refractivity contribution is 6.07. The van der Waals surface area contributed by atoms with Crippen molar-refractivity contribution >= 4 is 33.5 Å². The third-order valence-electron chi connectivity index (χ3n) is 6.45. The van der Waals surface area contributed by atoms with E-state index in [0.29, 0.717) is 39.3 Å². The molecule has 0 spiro atoms. The molecule has 0 atom stereocenters. The van der Waals surface area contributed by atoms with Crippen molar-refractivity contribution in [1.82, 2.24) is 13.7 Å². The van der Waals surface area contributed by atoms with E-state index in [4.69, 9.17) is 9.47 Å². The fourth-order valence-corrected chi connectivity index (χ4v) is 4.61. The van der Waals surface area contributed by atoms with Crippen molar-refractivity contribution in [2.24, 2.45) is 7.05 Å². The Hall–Kier alpha value is -4.79. The average molecular weight is 499 g/mol. The number of nitrogens with zero attached hydrogens (tertiary/aromatic N) is 3. The zero-order valence-electron chi connectivity index (χ0n) is 20.9. The minimum absolute atomic E-state index is 0.300. The molecule has 0 saturated carbocycles. The Morgan fingerprint density at radius 1 is 0.919 bits per heavy atom. The largest absolute Gasteiger partial charge is 0.497 e. The number of carbonyl (C=O) groups excluding carboxylic acids is 1. The minimum Gasteiger partial charge on any atom is -0.497 e. The summed E-state index contributed by atoms with van der Waals surface area (Å²) in [6.45, 7) is 1.60. The van der Waals surface area contributed by atoms with Crippen molar-refractivity contribution in [3.05, 3.63) is 93.1 Å². The quantitative estimate of drug-likeness (QED) is 0.386. The third-order valence-corrected chi connectivity index (χ3v) is 6.45. The molecule has 37 heavy (non-hydrogen) atoms. The first-order valence-electron chi connectivity index (χ1n) is 11.7. The lowest BCUT2D eigenvalue weighted by atomic mass is 10.2. The van der Waals surface area contributed by atoms with E-state index in [0.717, 1.165) is 15.6 Å². The van der Waals surface area contributed by atoms with Crippen molar-refractivity contribution in [2.75, 3.05) is 19.5 Å². The summed E-state index contributed by atoms with van der Waals surface area (Å²) in [4.78, 5) is 40.9. The first-order chi connectivity index (χ1) is 17.8. The zero-order chi connectivity index (χ0) is 26.3. The Labute approximate surface area is 212 Å². The van der Waals surface area contributed by atoms with Crippen molar-refractivity contribution in [1.29, 1.82) is 0 Å². The molecule has 9 heteroatoms. The number of hydrogen-bond acceptors (Lipinski definition) is 5. The van der Waals surface area contributed by atoms with Crippen molar-refractivity contribution < 1.29 is 14.3 Å². The zero-order valence-corrected chi connectivity index (χ0v) is 20.9. The van der Waals surface area contributed by atoms with Gasteiger partial charge in [0.1, 0.15) is 23.6 Å². The highest BCUT2D eigenvalue weighted by Gasteiger charge is 2.23. The third kappa shape index (κ3) is 4.04. The number of aryl methyl sites for hydroxylation is 2. The van der Waals surface area contributed by atoms with Gasteiger partial charge in [0, 0.05) is 12.4 Å². The van der Waals surface area contributed by atoms with Crippen molar-refractivity contribution in [3.63, 3.8) is 0 Å². The maximum absolute atomic E-state index is 13.9. The van der Waals surface area contributed by atoms with Gasteiger partial charge in [0.05, 0.1) is 36.6 Å². The molecule has 188 valence electrons. The second-order valence-corrected chi connectivity index (χ2v) is 8.73. The Kier molecular flexibility index (Phi) is 6.04. The van der Waals surface area contributed by atoms with Gasteiger partial charge in [0.15, 0.2) is 0 Å². The molecule has 0 bridgehead atoms. The topological polar surface area (TPSA) is 96.5 Å². The molecule has 0 aliphatic heterocycles. The number of rotatable bonds is 6.